The van der Waals surface area contributed by atoms with Gasteiger partial charge in [0.25, 0.3) is 5.91 Å². The molecule has 1 aromatic carbocycles. The van der Waals surface area contributed by atoms with Gasteiger partial charge >= 0.3 is 0 Å². The van der Waals surface area contributed by atoms with Crippen molar-refractivity contribution in [3.05, 3.63) is 35.4 Å². The normalized spacial score (nSPS) is 13.4. The number of thioether (sulfide) groups is 1. The average Bonchev–Trinajstić information content (AvgIpc) is 2.43. The zero-order valence-electron chi connectivity index (χ0n) is 11.1. The highest BCUT2D eigenvalue weighted by atomic mass is 32.2. The molecule has 1 rings (SSSR count). The Morgan fingerprint density at radius 3 is 2.63 bits per heavy atom. The molecule has 0 aliphatic rings. The summed E-state index contributed by atoms with van der Waals surface area (Å²) in [6.07, 6.45) is 2.60. The lowest BCUT2D eigenvalue weighted by molar-refractivity contribution is 0.0528. The van der Waals surface area contributed by atoms with Crippen molar-refractivity contribution in [2.24, 2.45) is 0 Å². The molecule has 5 heteroatoms. The molecular weight excluding hydrogens is 260 g/mol. The third-order valence-corrected chi connectivity index (χ3v) is 3.36. The second-order valence-electron chi connectivity index (χ2n) is 4.61. The first kappa shape index (κ1) is 15.5. The second-order valence-corrected chi connectivity index (χ2v) is 5.60. The van der Waals surface area contributed by atoms with Crippen molar-refractivity contribution < 1.29 is 9.90 Å². The zero-order chi connectivity index (χ0) is 14.3. The topological polar surface area (TPSA) is 73.1 Å². The largest absolute Gasteiger partial charge is 0.388 e. The summed E-state index contributed by atoms with van der Waals surface area (Å²) in [6.45, 7) is 1.93. The molecule has 0 saturated carbocycles. The van der Waals surface area contributed by atoms with Crippen LogP contribution in [0.15, 0.2) is 24.3 Å². The van der Waals surface area contributed by atoms with E-state index in [1.165, 1.54) is 0 Å². The molecule has 1 unspecified atom stereocenters. The number of benzene rings is 1. The van der Waals surface area contributed by atoms with E-state index in [-0.39, 0.29) is 12.5 Å². The van der Waals surface area contributed by atoms with Crippen LogP contribution in [0.3, 0.4) is 0 Å². The van der Waals surface area contributed by atoms with Crippen LogP contribution >= 0.6 is 11.8 Å². The minimum atomic E-state index is -0.898. The number of carbonyl (C=O) groups is 1. The zero-order valence-corrected chi connectivity index (χ0v) is 12.0. The van der Waals surface area contributed by atoms with Gasteiger partial charge in [-0.05, 0) is 49.6 Å². The number of nitrogens with zero attached hydrogens (tertiary/aromatic N) is 1. The monoisotopic (exact) mass is 278 g/mol. The van der Waals surface area contributed by atoms with Gasteiger partial charge in [0.1, 0.15) is 0 Å². The predicted molar refractivity (Wildman–Crippen MR) is 77.1 cm³/mol. The predicted octanol–water partition coefficient (Wildman–Crippen LogP) is 1.79. The highest BCUT2D eigenvalue weighted by molar-refractivity contribution is 7.98. The molecule has 102 valence electrons. The average molecular weight is 278 g/mol. The maximum Gasteiger partial charge on any atom is 0.251 e. The van der Waals surface area contributed by atoms with Crippen molar-refractivity contribution >= 4 is 17.7 Å². The molecule has 0 bridgehead atoms. The van der Waals surface area contributed by atoms with Crippen molar-refractivity contribution in [3.63, 3.8) is 0 Å². The van der Waals surface area contributed by atoms with E-state index in [2.05, 4.69) is 5.32 Å². The Morgan fingerprint density at radius 1 is 1.47 bits per heavy atom. The van der Waals surface area contributed by atoms with E-state index in [0.29, 0.717) is 17.5 Å². The van der Waals surface area contributed by atoms with E-state index in [1.807, 2.05) is 12.3 Å². The Labute approximate surface area is 117 Å². The number of hydrogen-bond acceptors (Lipinski definition) is 4. The summed E-state index contributed by atoms with van der Waals surface area (Å²) in [4.78, 5) is 11.9. The van der Waals surface area contributed by atoms with Crippen LogP contribution in [0.1, 0.15) is 29.3 Å². The van der Waals surface area contributed by atoms with Crippen LogP contribution in [0.5, 0.6) is 0 Å². The van der Waals surface area contributed by atoms with Crippen LogP contribution in [0.25, 0.3) is 0 Å². The summed E-state index contributed by atoms with van der Waals surface area (Å²) in [5, 5.41) is 21.4. The molecule has 0 heterocycles. The van der Waals surface area contributed by atoms with Crippen LogP contribution in [0, 0.1) is 11.3 Å². The molecule has 2 N–H and O–H groups in total. The van der Waals surface area contributed by atoms with Gasteiger partial charge in [0, 0.05) is 12.1 Å². The van der Waals surface area contributed by atoms with E-state index in [9.17, 15) is 9.90 Å². The van der Waals surface area contributed by atoms with Gasteiger partial charge in [0.05, 0.1) is 17.2 Å². The highest BCUT2D eigenvalue weighted by Gasteiger charge is 2.20. The summed E-state index contributed by atoms with van der Waals surface area (Å²) in [7, 11) is 0. The SMILES string of the molecule is CSCCC(C)(O)CNC(=O)c1ccc(C#N)cc1. The second kappa shape index (κ2) is 7.17. The lowest BCUT2D eigenvalue weighted by Crippen LogP contribution is -2.41. The van der Waals surface area contributed by atoms with Crippen molar-refractivity contribution in [3.8, 4) is 6.07 Å². The Balaban J connectivity index is 2.53. The fourth-order valence-electron chi connectivity index (χ4n) is 1.48. The summed E-state index contributed by atoms with van der Waals surface area (Å²) >= 11 is 1.66. The maximum absolute atomic E-state index is 11.9. The number of nitrogens with one attached hydrogen (secondary N) is 1. The molecule has 0 aliphatic heterocycles. The van der Waals surface area contributed by atoms with Crippen molar-refractivity contribution in [2.45, 2.75) is 18.9 Å². The Kier molecular flexibility index (Phi) is 5.87. The third-order valence-electron chi connectivity index (χ3n) is 2.75. The molecule has 0 saturated heterocycles. The Hall–Kier alpha value is -1.51. The molecule has 4 nitrogen and oxygen atoms in total. The smallest absolute Gasteiger partial charge is 0.251 e. The molecule has 0 aliphatic carbocycles. The molecule has 1 amide bonds. The molecule has 0 radical (unpaired) electrons. The number of aliphatic hydroxyl groups is 1. The maximum atomic E-state index is 11.9. The molecular formula is C14H18N2O2S. The summed E-state index contributed by atoms with van der Waals surface area (Å²) in [6, 6.07) is 8.40. The van der Waals surface area contributed by atoms with Crippen LogP contribution in [-0.4, -0.2) is 35.2 Å². The first-order chi connectivity index (χ1) is 8.98. The molecule has 1 aromatic rings. The minimum Gasteiger partial charge on any atom is -0.388 e. The summed E-state index contributed by atoms with van der Waals surface area (Å²) in [5.41, 5.74) is 0.105. The Bertz CT molecular complexity index is 463. The first-order valence-electron chi connectivity index (χ1n) is 5.98. The number of hydrogen-bond donors (Lipinski definition) is 2. The van der Waals surface area contributed by atoms with Crippen molar-refractivity contribution in [1.82, 2.24) is 5.32 Å². The van der Waals surface area contributed by atoms with E-state index in [1.54, 1.807) is 43.0 Å². The van der Waals surface area contributed by atoms with Gasteiger partial charge in [-0.25, -0.2) is 0 Å². The molecule has 19 heavy (non-hydrogen) atoms. The molecule has 0 fully saturated rings. The van der Waals surface area contributed by atoms with Gasteiger partial charge in [-0.3, -0.25) is 4.79 Å². The lowest BCUT2D eigenvalue weighted by Gasteiger charge is -2.23. The van der Waals surface area contributed by atoms with Gasteiger partial charge in [0.15, 0.2) is 0 Å². The first-order valence-corrected chi connectivity index (χ1v) is 7.37. The molecule has 0 spiro atoms. The van der Waals surface area contributed by atoms with Gasteiger partial charge in [-0.1, -0.05) is 0 Å². The number of carbonyl (C=O) groups excluding carboxylic acids is 1. The van der Waals surface area contributed by atoms with Crippen LogP contribution in [0.4, 0.5) is 0 Å². The number of nitriles is 1. The summed E-state index contributed by atoms with van der Waals surface area (Å²) < 4.78 is 0. The minimum absolute atomic E-state index is 0.215. The van der Waals surface area contributed by atoms with E-state index < -0.39 is 5.60 Å². The van der Waals surface area contributed by atoms with Gasteiger partial charge in [-0.2, -0.15) is 17.0 Å². The van der Waals surface area contributed by atoms with Gasteiger partial charge in [0.2, 0.25) is 0 Å². The van der Waals surface area contributed by atoms with E-state index in [4.69, 9.17) is 5.26 Å². The summed E-state index contributed by atoms with van der Waals surface area (Å²) in [5.74, 6) is 0.605. The number of amides is 1. The van der Waals surface area contributed by atoms with Crippen LogP contribution in [-0.2, 0) is 0 Å². The molecule has 0 aromatic heterocycles. The van der Waals surface area contributed by atoms with Crippen molar-refractivity contribution in [1.29, 1.82) is 5.26 Å². The van der Waals surface area contributed by atoms with E-state index >= 15 is 0 Å². The van der Waals surface area contributed by atoms with Crippen molar-refractivity contribution in [2.75, 3.05) is 18.6 Å². The number of rotatable bonds is 6. The standard InChI is InChI=1S/C14H18N2O2S/c1-14(18,7-8-19-2)10-16-13(17)12-5-3-11(9-15)4-6-12/h3-6,18H,7-8,10H2,1-2H3,(H,16,17). The highest BCUT2D eigenvalue weighted by Crippen LogP contribution is 2.12. The van der Waals surface area contributed by atoms with Gasteiger partial charge < -0.3 is 10.4 Å². The Morgan fingerprint density at radius 2 is 2.11 bits per heavy atom. The fourth-order valence-corrected chi connectivity index (χ4v) is 2.12. The third kappa shape index (κ3) is 5.33. The van der Waals surface area contributed by atoms with Gasteiger partial charge in [-0.15, -0.1) is 0 Å². The molecule has 1 atom stereocenters. The fraction of sp³-hybridized carbons (Fsp3) is 0.429. The van der Waals surface area contributed by atoms with E-state index in [0.717, 1.165) is 5.75 Å². The van der Waals surface area contributed by atoms with Crippen LogP contribution in [0.2, 0.25) is 0 Å². The van der Waals surface area contributed by atoms with Crippen LogP contribution < -0.4 is 5.32 Å². The quantitative estimate of drug-likeness (QED) is 0.832. The lowest BCUT2D eigenvalue weighted by atomic mass is 10.0.